The van der Waals surface area contributed by atoms with Crippen molar-refractivity contribution < 1.29 is 14.8 Å². The first-order valence-corrected chi connectivity index (χ1v) is 5.43. The molecule has 1 aromatic heterocycles. The van der Waals surface area contributed by atoms with Crippen LogP contribution in [0.3, 0.4) is 0 Å². The van der Waals surface area contributed by atoms with Gasteiger partial charge in [0, 0.05) is 22.8 Å². The molecule has 2 aromatic rings. The van der Waals surface area contributed by atoms with E-state index in [2.05, 4.69) is 20.9 Å². The first-order chi connectivity index (χ1) is 8.41. The molecule has 0 amide bonds. The monoisotopic (exact) mass is 312 g/mol. The van der Waals surface area contributed by atoms with Gasteiger partial charge in [0.05, 0.1) is 15.8 Å². The van der Waals surface area contributed by atoms with Crippen LogP contribution in [-0.2, 0) is 0 Å². The third-order valence-electron chi connectivity index (χ3n) is 2.37. The van der Waals surface area contributed by atoms with Crippen molar-refractivity contribution in [3.63, 3.8) is 0 Å². The maximum absolute atomic E-state index is 11.9. The van der Waals surface area contributed by atoms with E-state index >= 15 is 0 Å². The van der Waals surface area contributed by atoms with Gasteiger partial charge in [-0.15, -0.1) is 0 Å². The summed E-state index contributed by atoms with van der Waals surface area (Å²) in [7, 11) is 0. The van der Waals surface area contributed by atoms with Crippen LogP contribution < -0.4 is 5.43 Å². The molecule has 0 radical (unpaired) electrons. The number of nitro benzene ring substituents is 1. The molecule has 7 nitrogen and oxygen atoms in total. The molecule has 92 valence electrons. The highest BCUT2D eigenvalue weighted by molar-refractivity contribution is 9.10. The quantitative estimate of drug-likeness (QED) is 0.649. The molecule has 0 spiro atoms. The van der Waals surface area contributed by atoms with E-state index < -0.39 is 21.9 Å². The molecule has 18 heavy (non-hydrogen) atoms. The fourth-order valence-corrected chi connectivity index (χ4v) is 2.10. The summed E-state index contributed by atoms with van der Waals surface area (Å²) in [5.41, 5.74) is -1.20. The van der Waals surface area contributed by atoms with E-state index in [4.69, 9.17) is 5.11 Å². The molecular formula is C10H5BrN2O5. The lowest BCUT2D eigenvalue weighted by Gasteiger charge is -2.02. The minimum Gasteiger partial charge on any atom is -0.477 e. The Balaban J connectivity index is 2.91. The lowest BCUT2D eigenvalue weighted by molar-refractivity contribution is -0.384. The molecule has 8 heteroatoms. The van der Waals surface area contributed by atoms with E-state index in [0.717, 1.165) is 12.3 Å². The first kappa shape index (κ1) is 12.2. The van der Waals surface area contributed by atoms with Crippen LogP contribution in [0.2, 0.25) is 0 Å². The van der Waals surface area contributed by atoms with Gasteiger partial charge in [0.25, 0.3) is 5.69 Å². The number of rotatable bonds is 2. The normalized spacial score (nSPS) is 10.5. The molecule has 0 aliphatic carbocycles. The highest BCUT2D eigenvalue weighted by Crippen LogP contribution is 2.26. The maximum atomic E-state index is 11.9. The van der Waals surface area contributed by atoms with Crippen LogP contribution in [0.1, 0.15) is 10.4 Å². The molecule has 0 atom stereocenters. The summed E-state index contributed by atoms with van der Waals surface area (Å²) in [6.45, 7) is 0. The van der Waals surface area contributed by atoms with Crippen molar-refractivity contribution in [1.29, 1.82) is 0 Å². The SMILES string of the molecule is O=C(O)c1c[nH]c2c(Br)cc([N+](=O)[O-])cc2c1=O. The average Bonchev–Trinajstić information content (AvgIpc) is 2.29. The molecule has 0 fully saturated rings. The topological polar surface area (TPSA) is 113 Å². The standard InChI is InChI=1S/C10H5BrN2O5/c11-7-2-4(13(17)18)1-5-8(7)12-3-6(9(5)14)10(15)16/h1-3H,(H,12,14)(H,15,16). The minimum atomic E-state index is -1.39. The fourth-order valence-electron chi connectivity index (χ4n) is 1.54. The average molecular weight is 313 g/mol. The zero-order chi connectivity index (χ0) is 13.4. The molecular weight excluding hydrogens is 308 g/mol. The van der Waals surface area contributed by atoms with E-state index in [1.807, 2.05) is 0 Å². The highest BCUT2D eigenvalue weighted by Gasteiger charge is 2.16. The lowest BCUT2D eigenvalue weighted by Crippen LogP contribution is -2.15. The highest BCUT2D eigenvalue weighted by atomic mass is 79.9. The van der Waals surface area contributed by atoms with Gasteiger partial charge in [-0.3, -0.25) is 14.9 Å². The number of nitrogens with one attached hydrogen (secondary N) is 1. The Hall–Kier alpha value is -2.22. The molecule has 2 N–H and O–H groups in total. The molecule has 1 heterocycles. The smallest absolute Gasteiger partial charge is 0.341 e. The lowest BCUT2D eigenvalue weighted by atomic mass is 10.1. The van der Waals surface area contributed by atoms with Crippen LogP contribution in [0.5, 0.6) is 0 Å². The van der Waals surface area contributed by atoms with E-state index in [9.17, 15) is 19.7 Å². The Kier molecular flexibility index (Phi) is 2.87. The van der Waals surface area contributed by atoms with Crippen molar-refractivity contribution >= 4 is 38.5 Å². The number of halogens is 1. The van der Waals surface area contributed by atoms with Gasteiger partial charge in [-0.1, -0.05) is 0 Å². The van der Waals surface area contributed by atoms with Crippen LogP contribution in [0.15, 0.2) is 27.6 Å². The molecule has 2 rings (SSSR count). The number of nitro groups is 1. The number of hydrogen-bond donors (Lipinski definition) is 2. The first-order valence-electron chi connectivity index (χ1n) is 4.64. The molecule has 1 aromatic carbocycles. The number of nitrogens with zero attached hydrogens (tertiary/aromatic N) is 1. The van der Waals surface area contributed by atoms with Crippen molar-refractivity contribution in [2.75, 3.05) is 0 Å². The van der Waals surface area contributed by atoms with Crippen molar-refractivity contribution in [3.8, 4) is 0 Å². The largest absolute Gasteiger partial charge is 0.477 e. The number of carboxylic acid groups (broad SMARTS) is 1. The Bertz CT molecular complexity index is 737. The van der Waals surface area contributed by atoms with Gasteiger partial charge in [-0.25, -0.2) is 4.79 Å². The third kappa shape index (κ3) is 1.86. The molecule has 0 bridgehead atoms. The second-order valence-electron chi connectivity index (χ2n) is 3.44. The number of non-ortho nitro benzene ring substituents is 1. The van der Waals surface area contributed by atoms with E-state index in [1.54, 1.807) is 0 Å². The van der Waals surface area contributed by atoms with Crippen molar-refractivity contribution in [1.82, 2.24) is 4.98 Å². The van der Waals surface area contributed by atoms with Gasteiger partial charge < -0.3 is 10.1 Å². The van der Waals surface area contributed by atoms with Crippen molar-refractivity contribution in [2.45, 2.75) is 0 Å². The number of fused-ring (bicyclic) bond motifs is 1. The zero-order valence-electron chi connectivity index (χ0n) is 8.64. The van der Waals surface area contributed by atoms with E-state index in [1.165, 1.54) is 6.07 Å². The number of benzene rings is 1. The minimum absolute atomic E-state index is 0.0454. The number of hydrogen-bond acceptors (Lipinski definition) is 4. The summed E-state index contributed by atoms with van der Waals surface area (Å²) in [5, 5.41) is 19.4. The van der Waals surface area contributed by atoms with Crippen LogP contribution in [0, 0.1) is 10.1 Å². The number of aromatic amines is 1. The number of carbonyl (C=O) groups is 1. The molecule has 0 saturated heterocycles. The predicted molar refractivity (Wildman–Crippen MR) is 65.9 cm³/mol. The Morgan fingerprint density at radius 3 is 2.67 bits per heavy atom. The molecule has 0 aliphatic heterocycles. The Labute approximate surface area is 107 Å². The van der Waals surface area contributed by atoms with E-state index in [0.29, 0.717) is 9.99 Å². The number of carboxylic acids is 1. The van der Waals surface area contributed by atoms with Crippen LogP contribution in [0.4, 0.5) is 5.69 Å². The van der Waals surface area contributed by atoms with Crippen LogP contribution in [0.25, 0.3) is 10.9 Å². The molecule has 0 saturated carbocycles. The van der Waals surface area contributed by atoms with Crippen LogP contribution in [-0.4, -0.2) is 21.0 Å². The second kappa shape index (κ2) is 4.22. The Morgan fingerprint density at radius 1 is 1.44 bits per heavy atom. The van der Waals surface area contributed by atoms with Gasteiger partial charge in [-0.2, -0.15) is 0 Å². The van der Waals surface area contributed by atoms with Crippen LogP contribution >= 0.6 is 15.9 Å². The number of aromatic nitrogens is 1. The summed E-state index contributed by atoms with van der Waals surface area (Å²) >= 11 is 3.09. The summed E-state index contributed by atoms with van der Waals surface area (Å²) < 4.78 is 0.320. The van der Waals surface area contributed by atoms with Gasteiger partial charge in [0.1, 0.15) is 5.56 Å². The zero-order valence-corrected chi connectivity index (χ0v) is 10.2. The Morgan fingerprint density at radius 2 is 2.11 bits per heavy atom. The summed E-state index contributed by atoms with van der Waals surface area (Å²) in [6, 6.07) is 2.28. The second-order valence-corrected chi connectivity index (χ2v) is 4.30. The number of H-pyrrole nitrogens is 1. The van der Waals surface area contributed by atoms with Gasteiger partial charge in [-0.05, 0) is 15.9 Å². The maximum Gasteiger partial charge on any atom is 0.341 e. The van der Waals surface area contributed by atoms with Crippen molar-refractivity contribution in [2.24, 2.45) is 0 Å². The third-order valence-corrected chi connectivity index (χ3v) is 2.99. The number of aromatic carboxylic acids is 1. The summed E-state index contributed by atoms with van der Waals surface area (Å²) in [4.78, 5) is 35.3. The van der Waals surface area contributed by atoms with Gasteiger partial charge in [0.2, 0.25) is 5.43 Å². The van der Waals surface area contributed by atoms with Gasteiger partial charge >= 0.3 is 5.97 Å². The van der Waals surface area contributed by atoms with Crippen molar-refractivity contribution in [3.05, 3.63) is 48.7 Å². The fraction of sp³-hybridized carbons (Fsp3) is 0. The van der Waals surface area contributed by atoms with E-state index in [-0.39, 0.29) is 11.1 Å². The summed E-state index contributed by atoms with van der Waals surface area (Å²) in [6.07, 6.45) is 1.06. The molecule has 0 unspecified atom stereocenters. The molecule has 0 aliphatic rings. The summed E-state index contributed by atoms with van der Waals surface area (Å²) in [5.74, 6) is -1.39. The van der Waals surface area contributed by atoms with Gasteiger partial charge in [0.15, 0.2) is 0 Å². The predicted octanol–water partition coefficient (Wildman–Crippen LogP) is 1.90. The number of pyridine rings is 1.